The molecule has 2 unspecified atom stereocenters. The van der Waals surface area contributed by atoms with E-state index in [1.165, 1.54) is 7.11 Å². The summed E-state index contributed by atoms with van der Waals surface area (Å²) >= 11 is 0. The van der Waals surface area contributed by atoms with Crippen LogP contribution < -0.4 is 0 Å². The average Bonchev–Trinajstić information content (AvgIpc) is 2.73. The van der Waals surface area contributed by atoms with Crippen molar-refractivity contribution in [1.82, 2.24) is 9.88 Å². The molecule has 6 heteroatoms. The zero-order chi connectivity index (χ0) is 22.3. The van der Waals surface area contributed by atoms with Gasteiger partial charge in [-0.15, -0.1) is 0 Å². The van der Waals surface area contributed by atoms with Gasteiger partial charge in [-0.25, -0.2) is 0 Å². The number of carbonyl (C=O) groups is 2. The Bertz CT molecular complexity index is 895. The highest BCUT2D eigenvalue weighted by Crippen LogP contribution is 2.38. The molecule has 1 aromatic heterocycles. The van der Waals surface area contributed by atoms with E-state index in [9.17, 15) is 14.9 Å². The van der Waals surface area contributed by atoms with Crippen molar-refractivity contribution in [2.75, 3.05) is 7.11 Å². The van der Waals surface area contributed by atoms with E-state index in [-0.39, 0.29) is 24.4 Å². The first kappa shape index (κ1) is 23.1. The molecule has 0 fully saturated rings. The zero-order valence-electron chi connectivity index (χ0n) is 18.2. The van der Waals surface area contributed by atoms with Gasteiger partial charge in [-0.05, 0) is 57.0 Å². The maximum Gasteiger partial charge on any atom is 0.306 e. The molecule has 1 amide bonds. The standard InChI is InChI=1S/C24H29N3O3/c1-16(2)27(17(3)4)24(29)23(20-10-7-11-26-15-20)21(13-22(28)30-5)19-9-6-8-18(12-19)14-25/h6-12,15-17,21,23H,13H2,1-5H3. The number of nitriles is 1. The van der Waals surface area contributed by atoms with Gasteiger partial charge in [0.2, 0.25) is 5.91 Å². The van der Waals surface area contributed by atoms with Crippen molar-refractivity contribution < 1.29 is 14.3 Å². The van der Waals surface area contributed by atoms with Crippen molar-refractivity contribution >= 4 is 11.9 Å². The van der Waals surface area contributed by atoms with Gasteiger partial charge in [0.1, 0.15) is 0 Å². The first-order valence-corrected chi connectivity index (χ1v) is 10.1. The minimum Gasteiger partial charge on any atom is -0.469 e. The number of aromatic nitrogens is 1. The van der Waals surface area contributed by atoms with Gasteiger partial charge in [-0.3, -0.25) is 14.6 Å². The highest BCUT2D eigenvalue weighted by Gasteiger charge is 2.37. The fourth-order valence-corrected chi connectivity index (χ4v) is 3.90. The number of hydrogen-bond acceptors (Lipinski definition) is 5. The highest BCUT2D eigenvalue weighted by atomic mass is 16.5. The topological polar surface area (TPSA) is 83.3 Å². The largest absolute Gasteiger partial charge is 0.469 e. The summed E-state index contributed by atoms with van der Waals surface area (Å²) in [6.45, 7) is 7.90. The molecule has 0 bridgehead atoms. The van der Waals surface area contributed by atoms with Crippen molar-refractivity contribution in [3.63, 3.8) is 0 Å². The average molecular weight is 408 g/mol. The molecule has 0 aliphatic carbocycles. The van der Waals surface area contributed by atoms with E-state index in [1.807, 2.05) is 44.7 Å². The van der Waals surface area contributed by atoms with Gasteiger partial charge in [0, 0.05) is 30.4 Å². The molecule has 1 heterocycles. The summed E-state index contributed by atoms with van der Waals surface area (Å²) < 4.78 is 4.94. The zero-order valence-corrected chi connectivity index (χ0v) is 18.2. The summed E-state index contributed by atoms with van der Waals surface area (Å²) in [5.41, 5.74) is 1.95. The lowest BCUT2D eigenvalue weighted by Gasteiger charge is -2.37. The predicted molar refractivity (Wildman–Crippen MR) is 115 cm³/mol. The molecule has 6 nitrogen and oxygen atoms in total. The van der Waals surface area contributed by atoms with E-state index >= 15 is 0 Å². The SMILES string of the molecule is COC(=O)CC(c1cccc(C#N)c1)C(C(=O)N(C(C)C)C(C)C)c1cccnc1. The Morgan fingerprint density at radius 2 is 1.77 bits per heavy atom. The molecule has 2 aromatic rings. The summed E-state index contributed by atoms with van der Waals surface area (Å²) in [6, 6.07) is 12.8. The van der Waals surface area contributed by atoms with E-state index in [0.717, 1.165) is 11.1 Å². The highest BCUT2D eigenvalue weighted by molar-refractivity contribution is 5.86. The number of rotatable bonds is 8. The monoisotopic (exact) mass is 407 g/mol. The Kier molecular flexibility index (Phi) is 8.11. The van der Waals surface area contributed by atoms with Crippen LogP contribution >= 0.6 is 0 Å². The number of esters is 1. The van der Waals surface area contributed by atoms with Crippen molar-refractivity contribution in [3.8, 4) is 6.07 Å². The van der Waals surface area contributed by atoms with Crippen LogP contribution in [-0.2, 0) is 14.3 Å². The third-order valence-corrected chi connectivity index (χ3v) is 5.14. The second-order valence-electron chi connectivity index (χ2n) is 7.82. The van der Waals surface area contributed by atoms with Crippen molar-refractivity contribution in [2.24, 2.45) is 0 Å². The Morgan fingerprint density at radius 1 is 1.10 bits per heavy atom. The van der Waals surface area contributed by atoms with Crippen molar-refractivity contribution in [3.05, 3.63) is 65.5 Å². The maximum atomic E-state index is 13.8. The molecule has 0 N–H and O–H groups in total. The maximum absolute atomic E-state index is 13.8. The number of carbonyl (C=O) groups excluding carboxylic acids is 2. The molecule has 2 atom stereocenters. The van der Waals surface area contributed by atoms with Crippen LogP contribution in [-0.4, -0.2) is 41.0 Å². The van der Waals surface area contributed by atoms with E-state index in [4.69, 9.17) is 4.74 Å². The number of ether oxygens (including phenoxy) is 1. The van der Waals surface area contributed by atoms with E-state index in [0.29, 0.717) is 5.56 Å². The molecule has 0 aliphatic heterocycles. The van der Waals surface area contributed by atoms with Crippen LogP contribution in [0.2, 0.25) is 0 Å². The Morgan fingerprint density at radius 3 is 2.30 bits per heavy atom. The molecule has 0 spiro atoms. The van der Waals surface area contributed by atoms with Crippen LogP contribution in [0.5, 0.6) is 0 Å². The summed E-state index contributed by atoms with van der Waals surface area (Å²) in [7, 11) is 1.33. The molecule has 2 rings (SSSR count). The molecule has 0 saturated heterocycles. The summed E-state index contributed by atoms with van der Waals surface area (Å²) in [6.07, 6.45) is 3.33. The van der Waals surface area contributed by atoms with Gasteiger partial charge in [0.05, 0.1) is 31.1 Å². The van der Waals surface area contributed by atoms with Crippen LogP contribution in [0.4, 0.5) is 0 Å². The van der Waals surface area contributed by atoms with E-state index in [2.05, 4.69) is 11.1 Å². The minimum absolute atomic E-state index is 0.0131. The van der Waals surface area contributed by atoms with Crippen LogP contribution in [0.15, 0.2) is 48.8 Å². The number of pyridine rings is 1. The first-order valence-electron chi connectivity index (χ1n) is 10.1. The number of methoxy groups -OCH3 is 1. The molecule has 1 aromatic carbocycles. The van der Waals surface area contributed by atoms with Gasteiger partial charge in [0.25, 0.3) is 0 Å². The quantitative estimate of drug-likeness (QED) is 0.617. The minimum atomic E-state index is -0.642. The summed E-state index contributed by atoms with van der Waals surface area (Å²) in [4.78, 5) is 32.2. The normalized spacial score (nSPS) is 12.9. The molecule has 0 saturated carbocycles. The number of nitrogens with zero attached hydrogens (tertiary/aromatic N) is 3. The van der Waals surface area contributed by atoms with Crippen LogP contribution in [0, 0.1) is 11.3 Å². The summed E-state index contributed by atoms with van der Waals surface area (Å²) in [5.74, 6) is -1.63. The number of benzene rings is 1. The predicted octanol–water partition coefficient (Wildman–Crippen LogP) is 4.03. The molecule has 0 aliphatic rings. The van der Waals surface area contributed by atoms with Gasteiger partial charge in [-0.2, -0.15) is 5.26 Å². The first-order chi connectivity index (χ1) is 14.3. The second-order valence-corrected chi connectivity index (χ2v) is 7.82. The smallest absolute Gasteiger partial charge is 0.306 e. The summed E-state index contributed by atoms with van der Waals surface area (Å²) in [5, 5.41) is 9.34. The van der Waals surface area contributed by atoms with Gasteiger partial charge in [-0.1, -0.05) is 18.2 Å². The number of hydrogen-bond donors (Lipinski definition) is 0. The van der Waals surface area contributed by atoms with Crippen LogP contribution in [0.25, 0.3) is 0 Å². The van der Waals surface area contributed by atoms with Crippen molar-refractivity contribution in [1.29, 1.82) is 5.26 Å². The lowest BCUT2D eigenvalue weighted by molar-refractivity contribution is -0.142. The van der Waals surface area contributed by atoms with E-state index in [1.54, 1.807) is 36.7 Å². The molecule has 0 radical (unpaired) electrons. The Balaban J connectivity index is 2.67. The fraction of sp³-hybridized carbons (Fsp3) is 0.417. The van der Waals surface area contributed by atoms with Gasteiger partial charge in [0.15, 0.2) is 0 Å². The molecular formula is C24H29N3O3. The second kappa shape index (κ2) is 10.5. The lowest BCUT2D eigenvalue weighted by Crippen LogP contribution is -2.46. The fourth-order valence-electron chi connectivity index (χ4n) is 3.90. The van der Waals surface area contributed by atoms with Crippen LogP contribution in [0.1, 0.15) is 62.6 Å². The third kappa shape index (κ3) is 5.44. The molecular weight excluding hydrogens is 378 g/mol. The lowest BCUT2D eigenvalue weighted by atomic mass is 9.78. The Hall–Kier alpha value is -3.20. The Labute approximate surface area is 178 Å². The van der Waals surface area contributed by atoms with Crippen LogP contribution in [0.3, 0.4) is 0 Å². The third-order valence-electron chi connectivity index (χ3n) is 5.14. The molecule has 30 heavy (non-hydrogen) atoms. The van der Waals surface area contributed by atoms with E-state index < -0.39 is 17.8 Å². The van der Waals surface area contributed by atoms with Crippen molar-refractivity contribution in [2.45, 2.75) is 58.0 Å². The van der Waals surface area contributed by atoms with Gasteiger partial charge >= 0.3 is 5.97 Å². The molecule has 158 valence electrons. The number of amides is 1. The van der Waals surface area contributed by atoms with Gasteiger partial charge < -0.3 is 9.64 Å².